The highest BCUT2D eigenvalue weighted by atomic mass is 15.4. The third-order valence-electron chi connectivity index (χ3n) is 12.7. The fraction of sp³-hybridized carbons (Fsp3) is 0.556. The highest BCUT2D eigenvalue weighted by molar-refractivity contribution is 5.48. The van der Waals surface area contributed by atoms with Gasteiger partial charge in [-0.3, -0.25) is 0 Å². The third kappa shape index (κ3) is 4.01. The van der Waals surface area contributed by atoms with Crippen LogP contribution in [0.1, 0.15) is 88.4 Å². The average molecular weight is 585 g/mol. The lowest BCUT2D eigenvalue weighted by molar-refractivity contribution is -0.00839. The lowest BCUT2D eigenvalue weighted by Crippen LogP contribution is -2.49. The Morgan fingerprint density at radius 1 is 0.477 bits per heavy atom. The van der Waals surface area contributed by atoms with Crippen LogP contribution in [0.5, 0.6) is 0 Å². The van der Waals surface area contributed by atoms with Gasteiger partial charge >= 0.3 is 0 Å². The smallest absolute Gasteiger partial charge is 0.0858 e. The standard InChI is InChI=1S/C36H40N8/c1-5-31(43-33(21-37-41-43)35-15-23-9-24(16-35)11-25(10-23)17-35)6-2-29(1)39-40-30-3-7-32(8-4-30)44-34(22-38-42-44)36-18-26-12-27(19-36)14-28(13-26)20-36/h1-8,21-28H,9-20H2. The van der Waals surface area contributed by atoms with E-state index in [4.69, 9.17) is 0 Å². The first-order valence-electron chi connectivity index (χ1n) is 17.0. The van der Waals surface area contributed by atoms with Crippen molar-refractivity contribution in [3.63, 3.8) is 0 Å². The van der Waals surface area contributed by atoms with Gasteiger partial charge in [0, 0.05) is 10.8 Å². The molecule has 4 aromatic rings. The molecule has 0 N–H and O–H groups in total. The predicted octanol–water partition coefficient (Wildman–Crippen LogP) is 8.20. The van der Waals surface area contributed by atoms with Gasteiger partial charge < -0.3 is 0 Å². The highest BCUT2D eigenvalue weighted by Crippen LogP contribution is 2.62. The summed E-state index contributed by atoms with van der Waals surface area (Å²) in [6.07, 6.45) is 20.5. The van der Waals surface area contributed by atoms with Gasteiger partial charge in [0.2, 0.25) is 0 Å². The van der Waals surface area contributed by atoms with E-state index in [0.29, 0.717) is 0 Å². The molecule has 8 fully saturated rings. The Balaban J connectivity index is 0.861. The van der Waals surface area contributed by atoms with Crippen molar-refractivity contribution in [3.05, 3.63) is 72.3 Å². The second-order valence-corrected chi connectivity index (χ2v) is 15.7. The molecule has 8 aliphatic carbocycles. The summed E-state index contributed by atoms with van der Waals surface area (Å²) in [5.74, 6) is 5.34. The maximum absolute atomic E-state index is 4.56. The second-order valence-electron chi connectivity index (χ2n) is 15.7. The zero-order chi connectivity index (χ0) is 28.9. The number of hydrogen-bond donors (Lipinski definition) is 0. The van der Waals surface area contributed by atoms with Crippen LogP contribution in [-0.2, 0) is 10.8 Å². The Hall–Kier alpha value is -3.68. The van der Waals surface area contributed by atoms with E-state index in [-0.39, 0.29) is 10.8 Å². The molecule has 2 heterocycles. The van der Waals surface area contributed by atoms with Crippen molar-refractivity contribution in [3.8, 4) is 11.4 Å². The molecule has 8 bridgehead atoms. The van der Waals surface area contributed by atoms with Gasteiger partial charge in [0.1, 0.15) is 0 Å². The first-order chi connectivity index (χ1) is 21.6. The minimum atomic E-state index is 0.255. The fourth-order valence-electron chi connectivity index (χ4n) is 11.9. The Bertz CT molecular complexity index is 1530. The number of benzene rings is 2. The van der Waals surface area contributed by atoms with E-state index in [1.165, 1.54) is 88.4 Å². The van der Waals surface area contributed by atoms with E-state index in [2.05, 4.69) is 64.5 Å². The van der Waals surface area contributed by atoms with Crippen LogP contribution in [-0.4, -0.2) is 30.0 Å². The monoisotopic (exact) mass is 584 g/mol. The number of aromatic nitrogens is 6. The van der Waals surface area contributed by atoms with Crippen LogP contribution in [0.4, 0.5) is 11.4 Å². The maximum Gasteiger partial charge on any atom is 0.0858 e. The van der Waals surface area contributed by atoms with Gasteiger partial charge in [0.15, 0.2) is 0 Å². The van der Waals surface area contributed by atoms with Gasteiger partial charge in [-0.25, -0.2) is 9.36 Å². The minimum absolute atomic E-state index is 0.255. The zero-order valence-electron chi connectivity index (χ0n) is 25.3. The lowest BCUT2D eigenvalue weighted by Gasteiger charge is -2.56. The minimum Gasteiger partial charge on any atom is -0.217 e. The Morgan fingerprint density at radius 2 is 0.795 bits per heavy atom. The normalized spacial score (nSPS) is 36.5. The molecule has 0 saturated heterocycles. The molecule has 44 heavy (non-hydrogen) atoms. The highest BCUT2D eigenvalue weighted by Gasteiger charge is 2.54. The first kappa shape index (κ1) is 25.6. The molecular formula is C36H40N8. The van der Waals surface area contributed by atoms with Crippen LogP contribution >= 0.6 is 0 Å². The van der Waals surface area contributed by atoms with E-state index in [1.54, 1.807) is 0 Å². The molecular weight excluding hydrogens is 544 g/mol. The third-order valence-corrected chi connectivity index (χ3v) is 12.7. The summed E-state index contributed by atoms with van der Waals surface area (Å²) < 4.78 is 4.18. The van der Waals surface area contributed by atoms with Crippen LogP contribution in [0.15, 0.2) is 71.2 Å². The average Bonchev–Trinajstić information content (AvgIpc) is 3.71. The molecule has 8 aliphatic rings. The molecule has 0 atom stereocenters. The molecule has 12 rings (SSSR count). The summed E-state index contributed by atoms with van der Waals surface area (Å²) in [7, 11) is 0. The van der Waals surface area contributed by atoms with Crippen molar-refractivity contribution in [2.24, 2.45) is 45.7 Å². The second kappa shape index (κ2) is 9.41. The molecule has 224 valence electrons. The summed E-state index contributed by atoms with van der Waals surface area (Å²) in [6.45, 7) is 0. The molecule has 8 nitrogen and oxygen atoms in total. The van der Waals surface area contributed by atoms with Crippen molar-refractivity contribution < 1.29 is 0 Å². The van der Waals surface area contributed by atoms with Gasteiger partial charge in [-0.2, -0.15) is 10.2 Å². The molecule has 0 unspecified atom stereocenters. The van der Waals surface area contributed by atoms with E-state index in [0.717, 1.165) is 58.3 Å². The van der Waals surface area contributed by atoms with Crippen molar-refractivity contribution in [2.45, 2.75) is 87.9 Å². The molecule has 2 aromatic carbocycles. The topological polar surface area (TPSA) is 86.1 Å². The van der Waals surface area contributed by atoms with Gasteiger partial charge in [0.25, 0.3) is 0 Å². The maximum atomic E-state index is 4.56. The van der Waals surface area contributed by atoms with Crippen LogP contribution in [0, 0.1) is 35.5 Å². The molecule has 2 aromatic heterocycles. The van der Waals surface area contributed by atoms with Crippen molar-refractivity contribution >= 4 is 11.4 Å². The van der Waals surface area contributed by atoms with Crippen molar-refractivity contribution in [1.82, 2.24) is 30.0 Å². The van der Waals surface area contributed by atoms with Gasteiger partial charge in [-0.05, 0) is 161 Å². The summed E-state index contributed by atoms with van der Waals surface area (Å²) in [4.78, 5) is 0. The van der Waals surface area contributed by atoms with Crippen LogP contribution in [0.25, 0.3) is 11.4 Å². The quantitative estimate of drug-likeness (QED) is 0.214. The largest absolute Gasteiger partial charge is 0.217 e. The Morgan fingerprint density at radius 3 is 1.11 bits per heavy atom. The summed E-state index contributed by atoms with van der Waals surface area (Å²) >= 11 is 0. The molecule has 8 heteroatoms. The van der Waals surface area contributed by atoms with Crippen LogP contribution < -0.4 is 0 Å². The first-order valence-corrected chi connectivity index (χ1v) is 17.0. The van der Waals surface area contributed by atoms with Gasteiger partial charge in [-0.15, -0.1) is 10.2 Å². The van der Waals surface area contributed by atoms with Crippen LogP contribution in [0.3, 0.4) is 0 Å². The van der Waals surface area contributed by atoms with E-state index in [1.807, 2.05) is 36.7 Å². The molecule has 8 saturated carbocycles. The molecule has 0 aliphatic heterocycles. The predicted molar refractivity (Wildman–Crippen MR) is 167 cm³/mol. The van der Waals surface area contributed by atoms with Crippen LogP contribution in [0.2, 0.25) is 0 Å². The lowest BCUT2D eigenvalue weighted by atomic mass is 9.49. The van der Waals surface area contributed by atoms with E-state index in [9.17, 15) is 0 Å². The Labute approximate surface area is 258 Å². The number of azo groups is 1. The van der Waals surface area contributed by atoms with Gasteiger partial charge in [0.05, 0.1) is 46.5 Å². The van der Waals surface area contributed by atoms with Gasteiger partial charge in [-0.1, -0.05) is 10.4 Å². The van der Waals surface area contributed by atoms with E-state index >= 15 is 0 Å². The molecule has 0 amide bonds. The van der Waals surface area contributed by atoms with Crippen molar-refractivity contribution in [1.29, 1.82) is 0 Å². The summed E-state index contributed by atoms with van der Waals surface area (Å²) in [5, 5.41) is 27.0. The number of nitrogens with zero attached hydrogens (tertiary/aromatic N) is 8. The summed E-state index contributed by atoms with van der Waals surface area (Å²) in [5.41, 5.74) is 6.90. The number of rotatable bonds is 6. The van der Waals surface area contributed by atoms with E-state index < -0.39 is 0 Å². The van der Waals surface area contributed by atoms with Crippen molar-refractivity contribution in [2.75, 3.05) is 0 Å². The zero-order valence-corrected chi connectivity index (χ0v) is 25.3. The number of hydrogen-bond acceptors (Lipinski definition) is 6. The SMILES string of the molecule is c1cc(-n2nncc2C23CC4CC(CC(C4)C2)C3)ccc1N=Nc1ccc(-n2nncc2C23CC4CC(CC(C4)C2)C3)cc1. The molecule has 0 radical (unpaired) electrons. The molecule has 0 spiro atoms. The summed E-state index contributed by atoms with van der Waals surface area (Å²) in [6, 6.07) is 16.5. The fourth-order valence-corrected chi connectivity index (χ4v) is 11.9. The Kier molecular flexibility index (Phi) is 5.48.